The van der Waals surface area contributed by atoms with E-state index in [1.54, 1.807) is 0 Å². The minimum absolute atomic E-state index is 0.0304. The minimum atomic E-state index is -1.34. The van der Waals surface area contributed by atoms with E-state index in [4.69, 9.17) is 9.84 Å². The number of fused-ring (bicyclic) bond motifs is 3. The van der Waals surface area contributed by atoms with Crippen LogP contribution in [0.3, 0.4) is 0 Å². The van der Waals surface area contributed by atoms with Gasteiger partial charge in [0.25, 0.3) is 0 Å². The fraction of sp³-hybridized carbons (Fsp3) is 0.200. The van der Waals surface area contributed by atoms with Crippen molar-refractivity contribution in [1.82, 2.24) is 15.6 Å². The molecule has 1 aliphatic carbocycles. The van der Waals surface area contributed by atoms with Crippen LogP contribution in [0.5, 0.6) is 0 Å². The molecule has 1 aliphatic rings. The Balaban J connectivity index is 1.39. The predicted octanol–water partition coefficient (Wildman–Crippen LogP) is 2.37. The molecule has 0 spiro atoms. The van der Waals surface area contributed by atoms with E-state index in [-0.39, 0.29) is 24.5 Å². The van der Waals surface area contributed by atoms with Crippen molar-refractivity contribution in [2.24, 2.45) is 0 Å². The normalized spacial score (nSPS) is 12.8. The van der Waals surface area contributed by atoms with E-state index in [2.05, 4.69) is 15.6 Å². The molecular formula is C25H23N3O6. The highest BCUT2D eigenvalue weighted by Gasteiger charge is 2.30. The molecule has 1 atom stereocenters. The zero-order chi connectivity index (χ0) is 24.1. The number of carbonyl (C=O) groups excluding carboxylic acids is 2. The number of carboxylic acid groups (broad SMARTS) is 1. The lowest BCUT2D eigenvalue weighted by Crippen LogP contribution is -2.48. The van der Waals surface area contributed by atoms with Crippen molar-refractivity contribution in [2.45, 2.75) is 24.9 Å². The Bertz CT molecular complexity index is 1240. The first-order valence-electron chi connectivity index (χ1n) is 10.7. The molecule has 34 heavy (non-hydrogen) atoms. The number of rotatable bonds is 8. The molecule has 1 heterocycles. The molecule has 0 saturated heterocycles. The number of aromatic amines is 1. The van der Waals surface area contributed by atoms with Gasteiger partial charge in [0.2, 0.25) is 5.91 Å². The number of amides is 2. The SMILES string of the molecule is O=C(O)CC(NC(=O)OCC1c2ccccc2-c2ccccc21)C(=O)NCc1cc(=O)cc[nH]1. The highest BCUT2D eigenvalue weighted by Crippen LogP contribution is 2.44. The number of nitrogens with one attached hydrogen (secondary N) is 3. The van der Waals surface area contributed by atoms with Crippen LogP contribution >= 0.6 is 0 Å². The van der Waals surface area contributed by atoms with Gasteiger partial charge in [0.1, 0.15) is 12.6 Å². The molecule has 2 amide bonds. The summed E-state index contributed by atoms with van der Waals surface area (Å²) in [6.45, 7) is 0.00389. The van der Waals surface area contributed by atoms with Crippen molar-refractivity contribution < 1.29 is 24.2 Å². The molecule has 9 heteroatoms. The van der Waals surface area contributed by atoms with E-state index in [1.807, 2.05) is 48.5 Å². The van der Waals surface area contributed by atoms with Crippen LogP contribution in [-0.4, -0.2) is 40.7 Å². The summed E-state index contributed by atoms with van der Waals surface area (Å²) in [5, 5.41) is 14.0. The number of aromatic nitrogens is 1. The molecule has 9 nitrogen and oxygen atoms in total. The number of carbonyl (C=O) groups is 3. The van der Waals surface area contributed by atoms with Gasteiger partial charge in [-0.1, -0.05) is 48.5 Å². The number of pyridine rings is 1. The number of aliphatic carboxylic acids is 1. The third-order valence-electron chi connectivity index (χ3n) is 5.62. The van der Waals surface area contributed by atoms with Gasteiger partial charge < -0.3 is 25.5 Å². The second-order valence-corrected chi connectivity index (χ2v) is 7.89. The summed E-state index contributed by atoms with van der Waals surface area (Å²) >= 11 is 0. The molecule has 2 aromatic carbocycles. The second-order valence-electron chi connectivity index (χ2n) is 7.89. The average Bonchev–Trinajstić information content (AvgIpc) is 3.14. The van der Waals surface area contributed by atoms with Crippen LogP contribution in [-0.2, 0) is 20.9 Å². The van der Waals surface area contributed by atoms with Gasteiger partial charge in [0, 0.05) is 29.9 Å². The molecule has 1 aromatic heterocycles. The van der Waals surface area contributed by atoms with E-state index in [0.717, 1.165) is 22.3 Å². The Morgan fingerprint density at radius 2 is 1.65 bits per heavy atom. The number of alkyl carbamates (subject to hydrolysis) is 1. The third-order valence-corrected chi connectivity index (χ3v) is 5.62. The maximum atomic E-state index is 12.5. The van der Waals surface area contributed by atoms with Gasteiger partial charge in [-0.25, -0.2) is 4.79 Å². The van der Waals surface area contributed by atoms with Crippen molar-refractivity contribution in [3.63, 3.8) is 0 Å². The molecule has 0 saturated carbocycles. The molecule has 0 bridgehead atoms. The number of ether oxygens (including phenoxy) is 1. The van der Waals surface area contributed by atoms with Crippen LogP contribution in [0.2, 0.25) is 0 Å². The molecule has 0 fully saturated rings. The maximum absolute atomic E-state index is 12.5. The Hall–Kier alpha value is -4.40. The molecule has 0 radical (unpaired) electrons. The highest BCUT2D eigenvalue weighted by atomic mass is 16.5. The minimum Gasteiger partial charge on any atom is -0.481 e. The summed E-state index contributed by atoms with van der Waals surface area (Å²) in [6.07, 6.45) is -0.0779. The fourth-order valence-corrected chi connectivity index (χ4v) is 4.07. The molecule has 0 aliphatic heterocycles. The summed E-state index contributed by atoms with van der Waals surface area (Å²) in [7, 11) is 0. The van der Waals surface area contributed by atoms with Gasteiger partial charge in [-0.2, -0.15) is 0 Å². The van der Waals surface area contributed by atoms with E-state index in [0.29, 0.717) is 5.69 Å². The van der Waals surface area contributed by atoms with Crippen molar-refractivity contribution in [2.75, 3.05) is 6.61 Å². The quantitative estimate of drug-likeness (QED) is 0.406. The second kappa shape index (κ2) is 10.0. The third kappa shape index (κ3) is 5.15. The molecule has 1 unspecified atom stereocenters. The van der Waals surface area contributed by atoms with Crippen molar-refractivity contribution >= 4 is 18.0 Å². The standard InChI is InChI=1S/C25H23N3O6/c29-16-9-10-26-15(11-16)13-27-24(32)22(12-23(30)31)28-25(33)34-14-21-19-7-3-1-5-17(19)18-6-2-4-8-20(18)21/h1-11,21-22H,12-14H2,(H,26,29)(H,27,32)(H,28,33)(H,30,31). The predicted molar refractivity (Wildman–Crippen MR) is 123 cm³/mol. The van der Waals surface area contributed by atoms with E-state index < -0.39 is 30.4 Å². The number of benzene rings is 2. The zero-order valence-corrected chi connectivity index (χ0v) is 18.1. The first-order valence-corrected chi connectivity index (χ1v) is 10.7. The smallest absolute Gasteiger partial charge is 0.407 e. The lowest BCUT2D eigenvalue weighted by Gasteiger charge is -2.18. The van der Waals surface area contributed by atoms with Gasteiger partial charge in [-0.15, -0.1) is 0 Å². The lowest BCUT2D eigenvalue weighted by atomic mass is 9.98. The van der Waals surface area contributed by atoms with Crippen LogP contribution in [0.25, 0.3) is 11.1 Å². The molecule has 3 aromatic rings. The van der Waals surface area contributed by atoms with Crippen molar-refractivity contribution in [3.05, 3.63) is 93.9 Å². The Labute approximate surface area is 194 Å². The summed E-state index contributed by atoms with van der Waals surface area (Å²) in [5.41, 5.74) is 4.43. The topological polar surface area (TPSA) is 138 Å². The van der Waals surface area contributed by atoms with Crippen molar-refractivity contribution in [1.29, 1.82) is 0 Å². The molecule has 174 valence electrons. The van der Waals surface area contributed by atoms with Gasteiger partial charge in [0.05, 0.1) is 13.0 Å². The van der Waals surface area contributed by atoms with Crippen LogP contribution < -0.4 is 16.1 Å². The van der Waals surface area contributed by atoms with E-state index >= 15 is 0 Å². The molecular weight excluding hydrogens is 438 g/mol. The van der Waals surface area contributed by atoms with Gasteiger partial charge >= 0.3 is 12.1 Å². The molecule has 4 rings (SSSR count). The van der Waals surface area contributed by atoms with Gasteiger partial charge in [-0.05, 0) is 22.3 Å². The number of H-pyrrole nitrogens is 1. The Kier molecular flexibility index (Phi) is 6.72. The van der Waals surface area contributed by atoms with Crippen LogP contribution in [0.15, 0.2) is 71.7 Å². The fourth-order valence-electron chi connectivity index (χ4n) is 4.07. The molecule has 4 N–H and O–H groups in total. The maximum Gasteiger partial charge on any atom is 0.407 e. The van der Waals surface area contributed by atoms with E-state index in [1.165, 1.54) is 18.3 Å². The van der Waals surface area contributed by atoms with E-state index in [9.17, 15) is 19.2 Å². The van der Waals surface area contributed by atoms with Gasteiger partial charge in [0.15, 0.2) is 5.43 Å². The monoisotopic (exact) mass is 461 g/mol. The van der Waals surface area contributed by atoms with Crippen LogP contribution in [0.1, 0.15) is 29.2 Å². The number of hydrogen-bond donors (Lipinski definition) is 4. The Morgan fingerprint density at radius 3 is 2.26 bits per heavy atom. The first kappa shape index (κ1) is 22.8. The summed E-state index contributed by atoms with van der Waals surface area (Å²) in [4.78, 5) is 50.5. The van der Waals surface area contributed by atoms with Crippen molar-refractivity contribution in [3.8, 4) is 11.1 Å². The first-order chi connectivity index (χ1) is 16.4. The number of hydrogen-bond acceptors (Lipinski definition) is 5. The highest BCUT2D eigenvalue weighted by molar-refractivity contribution is 5.89. The average molecular weight is 461 g/mol. The van der Waals surface area contributed by atoms with Gasteiger partial charge in [-0.3, -0.25) is 14.4 Å². The van der Waals surface area contributed by atoms with Crippen LogP contribution in [0.4, 0.5) is 4.79 Å². The number of carboxylic acids is 1. The Morgan fingerprint density at radius 1 is 1.00 bits per heavy atom. The summed E-state index contributed by atoms with van der Waals surface area (Å²) in [6, 6.07) is 17.0. The zero-order valence-electron chi connectivity index (χ0n) is 18.1. The van der Waals surface area contributed by atoms with Crippen LogP contribution in [0, 0.1) is 0 Å². The summed E-state index contributed by atoms with van der Waals surface area (Å²) in [5.74, 6) is -2.13. The lowest BCUT2D eigenvalue weighted by molar-refractivity contribution is -0.139. The largest absolute Gasteiger partial charge is 0.481 e. The summed E-state index contributed by atoms with van der Waals surface area (Å²) < 4.78 is 5.41.